The van der Waals surface area contributed by atoms with Crippen LogP contribution in [-0.2, 0) is 9.63 Å². The lowest BCUT2D eigenvalue weighted by atomic mass is 9.86. The summed E-state index contributed by atoms with van der Waals surface area (Å²) in [5, 5.41) is 3.45. The van der Waals surface area contributed by atoms with E-state index in [9.17, 15) is 27.2 Å². The molecule has 1 fully saturated rings. The number of alkyl halides is 3. The maximum atomic E-state index is 14.6. The summed E-state index contributed by atoms with van der Waals surface area (Å²) in [5.74, 6) is -2.16. The smallest absolute Gasteiger partial charge is 0.406 e. The van der Waals surface area contributed by atoms with Crippen LogP contribution in [0.25, 0.3) is 0 Å². The highest BCUT2D eigenvalue weighted by Crippen LogP contribution is 2.40. The number of aromatic nitrogens is 1. The standard InChI is InChI=1S/C17H16F4N2O5/c1-9(24)28-23-5-4-10(15-8-16(25)22-27-15)6-14(23)12-3-2-11(7-13(12)18)26-17(19,20)21/h2-3,7-8,10,14H,4-6H2,1H3,(H,22,25). The Morgan fingerprint density at radius 3 is 2.64 bits per heavy atom. The number of ether oxygens (including phenoxy) is 1. The minimum absolute atomic E-state index is 0.0263. The molecule has 1 aliphatic heterocycles. The summed E-state index contributed by atoms with van der Waals surface area (Å²) in [6, 6.07) is 3.24. The molecule has 1 N–H and O–H groups in total. The molecule has 0 aliphatic carbocycles. The van der Waals surface area contributed by atoms with Crippen molar-refractivity contribution in [3.8, 4) is 5.75 Å². The molecule has 1 saturated heterocycles. The van der Waals surface area contributed by atoms with Gasteiger partial charge in [0.25, 0.3) is 5.56 Å². The summed E-state index contributed by atoms with van der Waals surface area (Å²) in [4.78, 5) is 27.8. The molecule has 0 bridgehead atoms. The minimum atomic E-state index is -4.94. The van der Waals surface area contributed by atoms with Crippen molar-refractivity contribution in [3.63, 3.8) is 0 Å². The summed E-state index contributed by atoms with van der Waals surface area (Å²) < 4.78 is 60.4. The Labute approximate surface area is 155 Å². The number of carbonyl (C=O) groups is 1. The highest BCUT2D eigenvalue weighted by Gasteiger charge is 2.36. The van der Waals surface area contributed by atoms with E-state index in [0.29, 0.717) is 18.2 Å². The van der Waals surface area contributed by atoms with Crippen LogP contribution in [-0.4, -0.2) is 29.1 Å². The maximum absolute atomic E-state index is 14.6. The van der Waals surface area contributed by atoms with Crippen molar-refractivity contribution in [2.24, 2.45) is 0 Å². The molecule has 0 amide bonds. The molecule has 1 aliphatic rings. The van der Waals surface area contributed by atoms with Gasteiger partial charge in [-0.3, -0.25) is 9.59 Å². The molecule has 0 spiro atoms. The van der Waals surface area contributed by atoms with Gasteiger partial charge in [-0.1, -0.05) is 6.07 Å². The lowest BCUT2D eigenvalue weighted by Gasteiger charge is -2.37. The number of nitrogens with one attached hydrogen (secondary N) is 1. The van der Waals surface area contributed by atoms with Crippen LogP contribution in [0.2, 0.25) is 0 Å². The molecule has 2 aromatic rings. The van der Waals surface area contributed by atoms with E-state index >= 15 is 0 Å². The number of rotatable bonds is 4. The van der Waals surface area contributed by atoms with Gasteiger partial charge in [0.05, 0.1) is 6.04 Å². The van der Waals surface area contributed by atoms with Gasteiger partial charge in [0.1, 0.15) is 17.3 Å². The third-order valence-electron chi connectivity index (χ3n) is 4.31. The van der Waals surface area contributed by atoms with E-state index in [1.54, 1.807) is 0 Å². The molecule has 0 saturated carbocycles. The van der Waals surface area contributed by atoms with Crippen LogP contribution in [0, 0.1) is 5.82 Å². The fraction of sp³-hybridized carbons (Fsp3) is 0.412. The molecular formula is C17H16F4N2O5. The Morgan fingerprint density at radius 1 is 1.32 bits per heavy atom. The number of nitrogens with zero attached hydrogens (tertiary/aromatic N) is 1. The molecule has 11 heteroatoms. The van der Waals surface area contributed by atoms with Crippen LogP contribution in [0.15, 0.2) is 33.6 Å². The molecule has 152 valence electrons. The largest absolute Gasteiger partial charge is 0.573 e. The van der Waals surface area contributed by atoms with Gasteiger partial charge in [0.2, 0.25) is 0 Å². The van der Waals surface area contributed by atoms with Crippen molar-refractivity contribution in [2.75, 3.05) is 6.54 Å². The Balaban J connectivity index is 1.89. The number of piperidine rings is 1. The first-order chi connectivity index (χ1) is 13.1. The maximum Gasteiger partial charge on any atom is 0.573 e. The third-order valence-corrected chi connectivity index (χ3v) is 4.31. The van der Waals surface area contributed by atoms with Gasteiger partial charge in [-0.15, -0.1) is 18.2 Å². The van der Waals surface area contributed by atoms with E-state index < -0.39 is 35.5 Å². The van der Waals surface area contributed by atoms with Crippen molar-refractivity contribution < 1.29 is 36.5 Å². The van der Waals surface area contributed by atoms with Gasteiger partial charge in [0, 0.05) is 37.1 Å². The van der Waals surface area contributed by atoms with Crippen LogP contribution < -0.4 is 10.3 Å². The zero-order chi connectivity index (χ0) is 20.5. The molecular weight excluding hydrogens is 388 g/mol. The van der Waals surface area contributed by atoms with Gasteiger partial charge >= 0.3 is 12.3 Å². The lowest BCUT2D eigenvalue weighted by Crippen LogP contribution is -2.37. The number of aromatic amines is 1. The summed E-state index contributed by atoms with van der Waals surface area (Å²) in [6.45, 7) is 1.40. The predicted octanol–water partition coefficient (Wildman–Crippen LogP) is 3.40. The number of hydrogen-bond acceptors (Lipinski definition) is 6. The number of hydrogen-bond donors (Lipinski definition) is 1. The van der Waals surface area contributed by atoms with Gasteiger partial charge < -0.3 is 14.1 Å². The fourth-order valence-electron chi connectivity index (χ4n) is 3.23. The molecule has 0 radical (unpaired) electrons. The van der Waals surface area contributed by atoms with Gasteiger partial charge in [0.15, 0.2) is 0 Å². The van der Waals surface area contributed by atoms with Crippen LogP contribution in [0.1, 0.15) is 43.0 Å². The SMILES string of the molecule is CC(=O)ON1CCC(c2cc(=O)[nH]o2)CC1c1ccc(OC(F)(F)F)cc1F. The quantitative estimate of drug-likeness (QED) is 0.787. The van der Waals surface area contributed by atoms with E-state index in [0.717, 1.165) is 12.1 Å². The van der Waals surface area contributed by atoms with Crippen molar-refractivity contribution in [1.82, 2.24) is 10.2 Å². The topological polar surface area (TPSA) is 84.8 Å². The number of H-pyrrole nitrogens is 1. The number of hydroxylamine groups is 2. The summed E-state index contributed by atoms with van der Waals surface area (Å²) in [6.07, 6.45) is -4.27. The number of benzene rings is 1. The number of halogens is 4. The monoisotopic (exact) mass is 404 g/mol. The highest BCUT2D eigenvalue weighted by molar-refractivity contribution is 5.65. The van der Waals surface area contributed by atoms with Crippen LogP contribution in [0.5, 0.6) is 5.75 Å². The average Bonchev–Trinajstić information content (AvgIpc) is 3.00. The molecule has 2 atom stereocenters. The third kappa shape index (κ3) is 4.71. The van der Waals surface area contributed by atoms with E-state index in [1.807, 2.05) is 0 Å². The summed E-state index contributed by atoms with van der Waals surface area (Å²) >= 11 is 0. The van der Waals surface area contributed by atoms with E-state index in [-0.39, 0.29) is 24.4 Å². The predicted molar refractivity (Wildman–Crippen MR) is 85.6 cm³/mol. The average molecular weight is 404 g/mol. The number of carbonyl (C=O) groups excluding carboxylic acids is 1. The van der Waals surface area contributed by atoms with Crippen molar-refractivity contribution in [2.45, 2.75) is 38.1 Å². The normalized spacial score (nSPS) is 20.8. The van der Waals surface area contributed by atoms with Gasteiger partial charge in [-0.2, -0.15) is 5.16 Å². The zero-order valence-corrected chi connectivity index (χ0v) is 14.6. The van der Waals surface area contributed by atoms with Crippen molar-refractivity contribution in [1.29, 1.82) is 0 Å². The Morgan fingerprint density at radius 2 is 2.07 bits per heavy atom. The second-order valence-electron chi connectivity index (χ2n) is 6.31. The van der Waals surface area contributed by atoms with Crippen molar-refractivity contribution in [3.05, 3.63) is 51.8 Å². The van der Waals surface area contributed by atoms with Crippen molar-refractivity contribution >= 4 is 5.97 Å². The van der Waals surface area contributed by atoms with Gasteiger partial charge in [-0.25, -0.2) is 4.39 Å². The molecule has 1 aromatic heterocycles. The molecule has 2 heterocycles. The second kappa shape index (κ2) is 7.66. The van der Waals surface area contributed by atoms with E-state index in [1.165, 1.54) is 18.1 Å². The summed E-state index contributed by atoms with van der Waals surface area (Å²) in [7, 11) is 0. The Hall–Kier alpha value is -2.82. The minimum Gasteiger partial charge on any atom is -0.406 e. The first-order valence-corrected chi connectivity index (χ1v) is 8.31. The zero-order valence-electron chi connectivity index (χ0n) is 14.6. The molecule has 2 unspecified atom stereocenters. The first kappa shape index (κ1) is 19.9. The van der Waals surface area contributed by atoms with Crippen LogP contribution in [0.3, 0.4) is 0 Å². The lowest BCUT2D eigenvalue weighted by molar-refractivity contribution is -0.274. The molecule has 28 heavy (non-hydrogen) atoms. The van der Waals surface area contributed by atoms with Crippen LogP contribution in [0.4, 0.5) is 17.6 Å². The first-order valence-electron chi connectivity index (χ1n) is 8.31. The second-order valence-corrected chi connectivity index (χ2v) is 6.31. The molecule has 1 aromatic carbocycles. The Kier molecular flexibility index (Phi) is 5.45. The van der Waals surface area contributed by atoms with E-state index in [2.05, 4.69) is 9.89 Å². The molecule has 3 rings (SSSR count). The van der Waals surface area contributed by atoms with Gasteiger partial charge in [-0.05, 0) is 18.9 Å². The fourth-order valence-corrected chi connectivity index (χ4v) is 3.23. The molecule has 7 nitrogen and oxygen atoms in total. The van der Waals surface area contributed by atoms with E-state index in [4.69, 9.17) is 9.36 Å². The highest BCUT2D eigenvalue weighted by atomic mass is 19.4. The summed E-state index contributed by atoms with van der Waals surface area (Å²) in [5.41, 5.74) is -0.396. The Bertz CT molecular complexity index is 907. The van der Waals surface area contributed by atoms with Crippen LogP contribution >= 0.6 is 0 Å².